The summed E-state index contributed by atoms with van der Waals surface area (Å²) < 4.78 is 0. The molecule has 15 heavy (non-hydrogen) atoms. The van der Waals surface area contributed by atoms with Crippen LogP contribution in [0.4, 0.5) is 0 Å². The smallest absolute Gasteiger partial charge is 0.320 e. The van der Waals surface area contributed by atoms with Crippen LogP contribution in [0.25, 0.3) is 0 Å². The van der Waals surface area contributed by atoms with Gasteiger partial charge in [0, 0.05) is 0 Å². The first-order chi connectivity index (χ1) is 7.09. The molecule has 0 saturated carbocycles. The Bertz CT molecular complexity index is 190. The molecule has 0 bridgehead atoms. The molecule has 0 amide bonds. The van der Waals surface area contributed by atoms with Crippen molar-refractivity contribution >= 4 is 5.97 Å². The highest BCUT2D eigenvalue weighted by atomic mass is 16.4. The van der Waals surface area contributed by atoms with Crippen LogP contribution >= 0.6 is 0 Å². The Hall–Kier alpha value is -0.830. The predicted molar refractivity (Wildman–Crippen MR) is 62.9 cm³/mol. The third-order valence-corrected chi connectivity index (χ3v) is 2.38. The summed E-state index contributed by atoms with van der Waals surface area (Å²) in [5.74, 6) is -0.619. The number of aliphatic carboxylic acids is 1. The van der Waals surface area contributed by atoms with E-state index in [0.717, 1.165) is 32.2 Å². The number of hydrogen-bond donors (Lipinski definition) is 2. The number of hydrogen-bond acceptors (Lipinski definition) is 2. The lowest BCUT2D eigenvalue weighted by atomic mass is 10.0. The maximum absolute atomic E-state index is 10.8. The van der Waals surface area contributed by atoms with Gasteiger partial charge in [0.25, 0.3) is 0 Å². The summed E-state index contributed by atoms with van der Waals surface area (Å²) >= 11 is 0. The molecule has 0 heterocycles. The van der Waals surface area contributed by atoms with Gasteiger partial charge < -0.3 is 10.4 Å². The van der Waals surface area contributed by atoms with Crippen LogP contribution in [0.5, 0.6) is 0 Å². The van der Waals surface area contributed by atoms with Crippen LogP contribution in [-0.2, 0) is 4.79 Å². The van der Waals surface area contributed by atoms with Gasteiger partial charge in [-0.1, -0.05) is 26.3 Å². The zero-order valence-electron chi connectivity index (χ0n) is 9.83. The average Bonchev–Trinajstić information content (AvgIpc) is 2.15. The lowest BCUT2D eigenvalue weighted by molar-refractivity contribution is -0.140. The zero-order chi connectivity index (χ0) is 11.7. The maximum Gasteiger partial charge on any atom is 0.320 e. The Labute approximate surface area is 92.6 Å². The van der Waals surface area contributed by atoms with E-state index >= 15 is 0 Å². The third kappa shape index (κ3) is 7.14. The highest BCUT2D eigenvalue weighted by Gasteiger charge is 2.19. The van der Waals surface area contributed by atoms with Gasteiger partial charge in [-0.25, -0.2) is 0 Å². The zero-order valence-corrected chi connectivity index (χ0v) is 9.83. The first kappa shape index (κ1) is 14.2. The minimum Gasteiger partial charge on any atom is -0.480 e. The van der Waals surface area contributed by atoms with Crippen molar-refractivity contribution in [3.63, 3.8) is 0 Å². The molecule has 0 aliphatic carbocycles. The van der Waals surface area contributed by atoms with E-state index in [1.165, 1.54) is 0 Å². The van der Waals surface area contributed by atoms with E-state index < -0.39 is 12.0 Å². The van der Waals surface area contributed by atoms with Crippen molar-refractivity contribution in [3.8, 4) is 0 Å². The van der Waals surface area contributed by atoms with Crippen LogP contribution in [0.15, 0.2) is 12.7 Å². The summed E-state index contributed by atoms with van der Waals surface area (Å²) in [5, 5.41) is 12.0. The van der Waals surface area contributed by atoms with E-state index in [1.807, 2.05) is 19.9 Å². The fourth-order valence-corrected chi connectivity index (χ4v) is 1.46. The number of allylic oxidation sites excluding steroid dienone is 1. The Balaban J connectivity index is 3.54. The van der Waals surface area contributed by atoms with Crippen molar-refractivity contribution in [2.24, 2.45) is 5.92 Å². The number of carboxylic acid groups (broad SMARTS) is 1. The number of unbranched alkanes of at least 4 members (excludes halogenated alkanes) is 3. The maximum atomic E-state index is 10.8. The topological polar surface area (TPSA) is 49.3 Å². The predicted octanol–water partition coefficient (Wildman–Crippen LogP) is 2.43. The quantitative estimate of drug-likeness (QED) is 0.457. The number of rotatable bonds is 9. The largest absolute Gasteiger partial charge is 0.480 e. The fraction of sp³-hybridized carbons (Fsp3) is 0.750. The number of carboxylic acids is 1. The van der Waals surface area contributed by atoms with Crippen molar-refractivity contribution in [1.29, 1.82) is 0 Å². The Morgan fingerprint density at radius 1 is 1.40 bits per heavy atom. The molecule has 0 fully saturated rings. The van der Waals surface area contributed by atoms with Gasteiger partial charge in [0.1, 0.15) is 6.04 Å². The van der Waals surface area contributed by atoms with Crippen LogP contribution in [0.3, 0.4) is 0 Å². The van der Waals surface area contributed by atoms with E-state index in [0.29, 0.717) is 0 Å². The SMILES string of the molecule is C=CCCCCCN[C@H](C(=O)O)C(C)C. The first-order valence-electron chi connectivity index (χ1n) is 5.66. The van der Waals surface area contributed by atoms with Crippen LogP contribution in [0.1, 0.15) is 39.5 Å². The fourth-order valence-electron chi connectivity index (χ4n) is 1.46. The minimum absolute atomic E-state index is 0.135. The molecule has 88 valence electrons. The molecule has 3 heteroatoms. The number of carbonyl (C=O) groups is 1. The molecular formula is C12H23NO2. The monoisotopic (exact) mass is 213 g/mol. The Kier molecular flexibility index (Phi) is 8.01. The van der Waals surface area contributed by atoms with Crippen molar-refractivity contribution in [2.75, 3.05) is 6.54 Å². The molecule has 0 spiro atoms. The van der Waals surface area contributed by atoms with E-state index in [9.17, 15) is 4.79 Å². The van der Waals surface area contributed by atoms with Gasteiger partial charge in [-0.3, -0.25) is 4.79 Å². The molecule has 0 aromatic heterocycles. The molecule has 0 radical (unpaired) electrons. The Morgan fingerprint density at radius 2 is 2.07 bits per heavy atom. The highest BCUT2D eigenvalue weighted by Crippen LogP contribution is 2.03. The van der Waals surface area contributed by atoms with Crippen molar-refractivity contribution in [2.45, 2.75) is 45.6 Å². The van der Waals surface area contributed by atoms with Gasteiger partial charge in [0.2, 0.25) is 0 Å². The van der Waals surface area contributed by atoms with E-state index in [2.05, 4.69) is 11.9 Å². The summed E-state index contributed by atoms with van der Waals surface area (Å²) in [6.45, 7) is 8.28. The summed E-state index contributed by atoms with van der Waals surface area (Å²) in [7, 11) is 0. The number of nitrogens with one attached hydrogen (secondary N) is 1. The second-order valence-electron chi connectivity index (χ2n) is 4.15. The molecule has 0 aliphatic rings. The molecule has 0 rings (SSSR count). The van der Waals surface area contributed by atoms with Crippen molar-refractivity contribution in [1.82, 2.24) is 5.32 Å². The van der Waals surface area contributed by atoms with Gasteiger partial charge in [-0.2, -0.15) is 0 Å². The molecule has 2 N–H and O–H groups in total. The Morgan fingerprint density at radius 3 is 2.53 bits per heavy atom. The summed E-state index contributed by atoms with van der Waals surface area (Å²) in [6.07, 6.45) is 6.27. The highest BCUT2D eigenvalue weighted by molar-refractivity contribution is 5.73. The molecule has 0 aromatic carbocycles. The molecule has 0 aromatic rings. The average molecular weight is 213 g/mol. The molecule has 3 nitrogen and oxygen atoms in total. The first-order valence-corrected chi connectivity index (χ1v) is 5.66. The van der Waals surface area contributed by atoms with Crippen LogP contribution in [0.2, 0.25) is 0 Å². The molecular weight excluding hydrogens is 190 g/mol. The summed E-state index contributed by atoms with van der Waals surface area (Å²) in [6, 6.07) is -0.413. The summed E-state index contributed by atoms with van der Waals surface area (Å²) in [5.41, 5.74) is 0. The lowest BCUT2D eigenvalue weighted by Gasteiger charge is -2.17. The van der Waals surface area contributed by atoms with Crippen LogP contribution in [-0.4, -0.2) is 23.7 Å². The van der Waals surface area contributed by atoms with E-state index in [-0.39, 0.29) is 5.92 Å². The van der Waals surface area contributed by atoms with Gasteiger partial charge in [0.15, 0.2) is 0 Å². The van der Waals surface area contributed by atoms with Crippen LogP contribution in [0, 0.1) is 5.92 Å². The van der Waals surface area contributed by atoms with Gasteiger partial charge in [0.05, 0.1) is 0 Å². The van der Waals surface area contributed by atoms with Gasteiger partial charge >= 0.3 is 5.97 Å². The second kappa shape index (κ2) is 8.48. The minimum atomic E-state index is -0.754. The molecule has 1 atom stereocenters. The third-order valence-electron chi connectivity index (χ3n) is 2.38. The van der Waals surface area contributed by atoms with Crippen LogP contribution < -0.4 is 5.32 Å². The molecule has 0 saturated heterocycles. The molecule has 0 unspecified atom stereocenters. The van der Waals surface area contributed by atoms with E-state index in [1.54, 1.807) is 0 Å². The second-order valence-corrected chi connectivity index (χ2v) is 4.15. The van der Waals surface area contributed by atoms with Crippen molar-refractivity contribution < 1.29 is 9.90 Å². The van der Waals surface area contributed by atoms with E-state index in [4.69, 9.17) is 5.11 Å². The standard InChI is InChI=1S/C12H23NO2/c1-4-5-6-7-8-9-13-11(10(2)3)12(14)15/h4,10-11,13H,1,5-9H2,2-3H3,(H,14,15)/t11-/m0/s1. The molecule has 0 aliphatic heterocycles. The normalized spacial score (nSPS) is 12.7. The van der Waals surface area contributed by atoms with Crippen molar-refractivity contribution in [3.05, 3.63) is 12.7 Å². The summed E-state index contributed by atoms with van der Waals surface area (Å²) in [4.78, 5) is 10.8. The lowest BCUT2D eigenvalue weighted by Crippen LogP contribution is -2.41. The van der Waals surface area contributed by atoms with Gasteiger partial charge in [-0.05, 0) is 31.7 Å². The van der Waals surface area contributed by atoms with Gasteiger partial charge in [-0.15, -0.1) is 6.58 Å².